The molecule has 1 aliphatic carbocycles. The summed E-state index contributed by atoms with van der Waals surface area (Å²) in [6.45, 7) is 3.16. The molecule has 2 fully saturated rings. The van der Waals surface area contributed by atoms with E-state index in [0.29, 0.717) is 37.1 Å². The fourth-order valence-electron chi connectivity index (χ4n) is 5.27. The number of aromatic nitrogens is 2. The first-order valence-corrected chi connectivity index (χ1v) is 13.2. The van der Waals surface area contributed by atoms with Crippen molar-refractivity contribution in [2.24, 2.45) is 11.8 Å². The van der Waals surface area contributed by atoms with Crippen molar-refractivity contribution in [1.82, 2.24) is 14.1 Å². The highest BCUT2D eigenvalue weighted by atomic mass is 32.2. The normalized spacial score (nSPS) is 21.6. The molecule has 2 heterocycles. The van der Waals surface area contributed by atoms with Crippen LogP contribution in [0.1, 0.15) is 37.9 Å². The van der Waals surface area contributed by atoms with Crippen LogP contribution in [0.3, 0.4) is 0 Å². The maximum Gasteiger partial charge on any atom is 0.309 e. The quantitative estimate of drug-likeness (QED) is 0.524. The van der Waals surface area contributed by atoms with Crippen molar-refractivity contribution in [3.63, 3.8) is 0 Å². The molecule has 1 aromatic heterocycles. The Morgan fingerprint density at radius 2 is 1.85 bits per heavy atom. The number of carboxylic acid groups (broad SMARTS) is 1. The average Bonchev–Trinajstić information content (AvgIpc) is 3.36. The van der Waals surface area contributed by atoms with Crippen molar-refractivity contribution >= 4 is 26.9 Å². The largest absolute Gasteiger partial charge is 0.494 e. The molecule has 1 N–H and O–H groups in total. The summed E-state index contributed by atoms with van der Waals surface area (Å²) in [7, 11) is -3.68. The van der Waals surface area contributed by atoms with Gasteiger partial charge in [-0.2, -0.15) is 9.40 Å². The van der Waals surface area contributed by atoms with Gasteiger partial charge in [0.15, 0.2) is 0 Å². The van der Waals surface area contributed by atoms with Gasteiger partial charge in [-0.05, 0) is 49.1 Å². The highest BCUT2D eigenvalue weighted by Crippen LogP contribution is 2.45. The Labute approximate surface area is 199 Å². The minimum Gasteiger partial charge on any atom is -0.494 e. The predicted octanol–water partition coefficient (Wildman–Crippen LogP) is 3.72. The minimum absolute atomic E-state index is 0.132. The minimum atomic E-state index is -3.68. The lowest BCUT2D eigenvalue weighted by Gasteiger charge is -2.34. The van der Waals surface area contributed by atoms with Crippen molar-refractivity contribution in [1.29, 1.82) is 0 Å². The molecule has 0 amide bonds. The molecule has 1 saturated carbocycles. The van der Waals surface area contributed by atoms with Crippen LogP contribution >= 0.6 is 0 Å². The fourth-order valence-corrected chi connectivity index (χ4v) is 6.76. The number of fused-ring (bicyclic) bond motifs is 1. The van der Waals surface area contributed by atoms with E-state index in [0.717, 1.165) is 30.2 Å². The maximum atomic E-state index is 13.5. The maximum absolute atomic E-state index is 13.5. The van der Waals surface area contributed by atoms with Gasteiger partial charge in [0.2, 0.25) is 10.0 Å². The Bertz CT molecular complexity index is 1300. The molecular formula is C25H29N3O5S. The number of para-hydroxylation sites is 1. The van der Waals surface area contributed by atoms with E-state index in [2.05, 4.69) is 0 Å². The number of carbonyl (C=O) groups is 1. The molecule has 2 atom stereocenters. The molecule has 5 rings (SSSR count). The van der Waals surface area contributed by atoms with Crippen LogP contribution in [0.5, 0.6) is 5.75 Å². The van der Waals surface area contributed by atoms with E-state index in [1.165, 1.54) is 0 Å². The van der Waals surface area contributed by atoms with Gasteiger partial charge in [-0.15, -0.1) is 0 Å². The Hall–Kier alpha value is -2.91. The smallest absolute Gasteiger partial charge is 0.309 e. The monoisotopic (exact) mass is 483 g/mol. The number of aliphatic carboxylic acids is 1. The Morgan fingerprint density at radius 1 is 1.12 bits per heavy atom. The molecule has 1 saturated heterocycles. The number of hydrogen-bond donors (Lipinski definition) is 1. The molecular weight excluding hydrogens is 454 g/mol. The van der Waals surface area contributed by atoms with E-state index in [4.69, 9.17) is 9.84 Å². The van der Waals surface area contributed by atoms with Gasteiger partial charge in [0.1, 0.15) is 5.75 Å². The molecule has 180 valence electrons. The summed E-state index contributed by atoms with van der Waals surface area (Å²) < 4.78 is 36.0. The third kappa shape index (κ3) is 4.07. The van der Waals surface area contributed by atoms with E-state index < -0.39 is 16.0 Å². The van der Waals surface area contributed by atoms with E-state index >= 15 is 0 Å². The van der Waals surface area contributed by atoms with Gasteiger partial charge in [0, 0.05) is 18.5 Å². The zero-order valence-corrected chi connectivity index (χ0v) is 19.9. The van der Waals surface area contributed by atoms with Gasteiger partial charge in [0.05, 0.1) is 35.2 Å². The number of rotatable bonds is 8. The lowest BCUT2D eigenvalue weighted by atomic mass is 9.74. The molecule has 0 unspecified atom stereocenters. The number of hydrogen-bond acceptors (Lipinski definition) is 5. The molecule has 0 bridgehead atoms. The van der Waals surface area contributed by atoms with Crippen LogP contribution in [0.2, 0.25) is 0 Å². The van der Waals surface area contributed by atoms with Crippen molar-refractivity contribution in [2.75, 3.05) is 19.7 Å². The van der Waals surface area contributed by atoms with Gasteiger partial charge in [-0.3, -0.25) is 9.48 Å². The molecule has 8 nitrogen and oxygen atoms in total. The second-order valence-corrected chi connectivity index (χ2v) is 11.1. The number of ether oxygens (including phenoxy) is 1. The predicted molar refractivity (Wildman–Crippen MR) is 127 cm³/mol. The number of carboxylic acids is 1. The van der Waals surface area contributed by atoms with Crippen LogP contribution < -0.4 is 4.74 Å². The summed E-state index contributed by atoms with van der Waals surface area (Å²) in [5, 5.41) is 14.9. The van der Waals surface area contributed by atoms with Gasteiger partial charge < -0.3 is 9.84 Å². The summed E-state index contributed by atoms with van der Waals surface area (Å²) in [5.74, 6) is 0.280. The Balaban J connectivity index is 1.50. The van der Waals surface area contributed by atoms with Crippen LogP contribution in [-0.2, 0) is 21.2 Å². The summed E-state index contributed by atoms with van der Waals surface area (Å²) in [4.78, 5) is 11.7. The SMILES string of the molecule is CCOc1ccc(S(=O)(=O)N2C[C@@H](C3CCC3)[C@@H](n3nc(CC(=O)O)c4ccccc43)C2)cc1. The van der Waals surface area contributed by atoms with Crippen LogP contribution in [0.4, 0.5) is 0 Å². The molecule has 34 heavy (non-hydrogen) atoms. The van der Waals surface area contributed by atoms with Gasteiger partial charge in [0.25, 0.3) is 0 Å². The third-order valence-corrected chi connectivity index (χ3v) is 9.00. The van der Waals surface area contributed by atoms with Gasteiger partial charge >= 0.3 is 5.97 Å². The highest BCUT2D eigenvalue weighted by Gasteiger charge is 2.46. The fraction of sp³-hybridized carbons (Fsp3) is 0.440. The lowest BCUT2D eigenvalue weighted by Crippen LogP contribution is -2.31. The molecule has 9 heteroatoms. The zero-order valence-electron chi connectivity index (χ0n) is 19.1. The second kappa shape index (κ2) is 9.03. The second-order valence-electron chi connectivity index (χ2n) is 9.13. The third-order valence-electron chi connectivity index (χ3n) is 7.15. The Kier molecular flexibility index (Phi) is 6.07. The van der Waals surface area contributed by atoms with Crippen molar-refractivity contribution < 1.29 is 23.1 Å². The summed E-state index contributed by atoms with van der Waals surface area (Å²) in [6, 6.07) is 14.0. The van der Waals surface area contributed by atoms with Crippen molar-refractivity contribution in [3.8, 4) is 5.75 Å². The van der Waals surface area contributed by atoms with Crippen LogP contribution in [0.25, 0.3) is 10.9 Å². The summed E-state index contributed by atoms with van der Waals surface area (Å²) >= 11 is 0. The lowest BCUT2D eigenvalue weighted by molar-refractivity contribution is -0.136. The first kappa shape index (κ1) is 22.9. The van der Waals surface area contributed by atoms with E-state index in [-0.39, 0.29) is 23.3 Å². The van der Waals surface area contributed by atoms with Gasteiger partial charge in [-0.1, -0.05) is 37.5 Å². The molecule has 0 spiro atoms. The summed E-state index contributed by atoms with van der Waals surface area (Å²) in [6.07, 6.45) is 3.16. The topological polar surface area (TPSA) is 102 Å². The zero-order chi connectivity index (χ0) is 23.9. The standard InChI is InChI=1S/C25H29N3O5S/c1-2-33-18-10-12-19(13-11-18)34(31,32)27-15-21(17-6-5-7-17)24(16-27)28-23-9-4-3-8-20(23)22(26-28)14-25(29)30/h3-4,8-13,17,21,24H,2,5-7,14-16H2,1H3,(H,29,30)/t21-,24-/m0/s1. The van der Waals surface area contributed by atoms with Crippen LogP contribution in [0, 0.1) is 11.8 Å². The van der Waals surface area contributed by atoms with Crippen molar-refractivity contribution in [2.45, 2.75) is 43.5 Å². The van der Waals surface area contributed by atoms with E-state index in [9.17, 15) is 18.3 Å². The van der Waals surface area contributed by atoms with E-state index in [1.54, 1.807) is 28.6 Å². The molecule has 3 aromatic rings. The first-order valence-electron chi connectivity index (χ1n) is 11.8. The summed E-state index contributed by atoms with van der Waals surface area (Å²) in [5.41, 5.74) is 1.37. The van der Waals surface area contributed by atoms with Crippen LogP contribution in [0.15, 0.2) is 53.4 Å². The first-order chi connectivity index (χ1) is 16.4. The number of nitrogens with zero attached hydrogens (tertiary/aromatic N) is 3. The Morgan fingerprint density at radius 3 is 2.50 bits per heavy atom. The molecule has 2 aromatic carbocycles. The average molecular weight is 484 g/mol. The molecule has 2 aliphatic rings. The van der Waals surface area contributed by atoms with Crippen LogP contribution in [-0.4, -0.2) is 53.3 Å². The molecule has 0 radical (unpaired) electrons. The van der Waals surface area contributed by atoms with Gasteiger partial charge in [-0.25, -0.2) is 8.42 Å². The molecule has 1 aliphatic heterocycles. The van der Waals surface area contributed by atoms with Crippen molar-refractivity contribution in [3.05, 3.63) is 54.2 Å². The number of sulfonamides is 1. The number of benzene rings is 2. The highest BCUT2D eigenvalue weighted by molar-refractivity contribution is 7.89. The van der Waals surface area contributed by atoms with E-state index in [1.807, 2.05) is 35.9 Å².